The highest BCUT2D eigenvalue weighted by Crippen LogP contribution is 2.27. The molecule has 0 saturated carbocycles. The molecule has 1 aliphatic rings. The second-order valence-electron chi connectivity index (χ2n) is 7.94. The molecular weight excluding hydrogens is 352 g/mol. The smallest absolute Gasteiger partial charge is 0.262 e. The molecule has 0 radical (unpaired) electrons. The van der Waals surface area contributed by atoms with E-state index < -0.39 is 17.9 Å². The van der Waals surface area contributed by atoms with E-state index in [1.54, 1.807) is 24.3 Å². The molecule has 1 unspecified atom stereocenters. The van der Waals surface area contributed by atoms with Crippen molar-refractivity contribution in [2.45, 2.75) is 46.1 Å². The van der Waals surface area contributed by atoms with Crippen molar-refractivity contribution in [2.24, 2.45) is 5.92 Å². The van der Waals surface area contributed by atoms with Gasteiger partial charge in [-0.3, -0.25) is 19.3 Å². The summed E-state index contributed by atoms with van der Waals surface area (Å²) in [6.07, 6.45) is 0.404. The molecule has 0 spiro atoms. The molecule has 1 N–H and O–H groups in total. The number of amides is 3. The van der Waals surface area contributed by atoms with Crippen molar-refractivity contribution in [3.8, 4) is 0 Å². The molecule has 5 heteroatoms. The monoisotopic (exact) mass is 378 g/mol. The van der Waals surface area contributed by atoms with Crippen molar-refractivity contribution < 1.29 is 14.4 Å². The van der Waals surface area contributed by atoms with Crippen LogP contribution in [-0.4, -0.2) is 28.7 Å². The van der Waals surface area contributed by atoms with Crippen molar-refractivity contribution in [3.05, 3.63) is 65.2 Å². The first-order valence-electron chi connectivity index (χ1n) is 9.67. The van der Waals surface area contributed by atoms with Gasteiger partial charge in [-0.15, -0.1) is 0 Å². The molecule has 0 fully saturated rings. The van der Waals surface area contributed by atoms with E-state index in [1.165, 1.54) is 5.56 Å². The van der Waals surface area contributed by atoms with Crippen LogP contribution in [0.15, 0.2) is 48.5 Å². The largest absolute Gasteiger partial charge is 0.324 e. The van der Waals surface area contributed by atoms with Crippen molar-refractivity contribution >= 4 is 23.4 Å². The van der Waals surface area contributed by atoms with E-state index in [1.807, 2.05) is 38.1 Å². The summed E-state index contributed by atoms with van der Waals surface area (Å²) in [5.74, 6) is -0.617. The van der Waals surface area contributed by atoms with Gasteiger partial charge in [0.2, 0.25) is 5.91 Å². The highest BCUT2D eigenvalue weighted by Gasteiger charge is 2.42. The average molecular weight is 378 g/mol. The van der Waals surface area contributed by atoms with Gasteiger partial charge >= 0.3 is 0 Å². The summed E-state index contributed by atoms with van der Waals surface area (Å²) >= 11 is 0. The molecule has 1 aliphatic heterocycles. The lowest BCUT2D eigenvalue weighted by atomic mass is 10.0. The highest BCUT2D eigenvalue weighted by atomic mass is 16.2. The lowest BCUT2D eigenvalue weighted by molar-refractivity contribution is -0.120. The molecule has 5 nitrogen and oxygen atoms in total. The fraction of sp³-hybridized carbons (Fsp3) is 0.348. The van der Waals surface area contributed by atoms with Gasteiger partial charge in [0.05, 0.1) is 11.1 Å². The Balaban J connectivity index is 1.85. The maximum absolute atomic E-state index is 13.0. The molecule has 1 atom stereocenters. The number of nitrogens with one attached hydrogen (secondary N) is 1. The molecule has 2 aromatic rings. The fourth-order valence-corrected chi connectivity index (χ4v) is 3.44. The number of anilines is 1. The Morgan fingerprint density at radius 1 is 0.893 bits per heavy atom. The minimum absolute atomic E-state index is 0.142. The Hall–Kier alpha value is -2.95. The molecule has 0 bridgehead atoms. The Labute approximate surface area is 165 Å². The molecule has 28 heavy (non-hydrogen) atoms. The lowest BCUT2D eigenvalue weighted by Crippen LogP contribution is -2.47. The van der Waals surface area contributed by atoms with Gasteiger partial charge in [-0.2, -0.15) is 0 Å². The van der Waals surface area contributed by atoms with E-state index in [-0.39, 0.29) is 11.8 Å². The molecule has 1 heterocycles. The Bertz CT molecular complexity index is 865. The van der Waals surface area contributed by atoms with Crippen molar-refractivity contribution in [2.75, 3.05) is 5.32 Å². The standard InChI is InChI=1S/C23H26N2O3/c1-14(2)13-20(21(26)24-17-11-9-16(10-12-17)15(3)4)25-22(27)18-7-5-6-8-19(18)23(25)28/h5-12,14-15,20H,13H2,1-4H3,(H,24,26). The predicted molar refractivity (Wildman–Crippen MR) is 109 cm³/mol. The second-order valence-corrected chi connectivity index (χ2v) is 7.94. The minimum atomic E-state index is -0.850. The molecule has 2 aromatic carbocycles. The summed E-state index contributed by atoms with van der Waals surface area (Å²) in [4.78, 5) is 39.8. The van der Waals surface area contributed by atoms with Crippen molar-refractivity contribution in [1.82, 2.24) is 4.90 Å². The predicted octanol–water partition coefficient (Wildman–Crippen LogP) is 4.46. The number of carbonyl (C=O) groups is 3. The number of carbonyl (C=O) groups excluding carboxylic acids is 3. The molecule has 0 saturated heterocycles. The molecule has 146 valence electrons. The van der Waals surface area contributed by atoms with Crippen LogP contribution in [0.5, 0.6) is 0 Å². The third kappa shape index (κ3) is 3.84. The summed E-state index contributed by atoms with van der Waals surface area (Å²) < 4.78 is 0. The second kappa shape index (κ2) is 7.97. The van der Waals surface area contributed by atoms with E-state index in [4.69, 9.17) is 0 Å². The van der Waals surface area contributed by atoms with Crippen molar-refractivity contribution in [3.63, 3.8) is 0 Å². The topological polar surface area (TPSA) is 66.5 Å². The number of hydrogen-bond acceptors (Lipinski definition) is 3. The molecular formula is C23H26N2O3. The van der Waals surface area contributed by atoms with Gasteiger partial charge in [-0.05, 0) is 48.1 Å². The normalized spacial score (nSPS) is 14.6. The summed E-state index contributed by atoms with van der Waals surface area (Å²) in [6, 6.07) is 13.5. The minimum Gasteiger partial charge on any atom is -0.324 e. The Morgan fingerprint density at radius 3 is 1.89 bits per heavy atom. The van der Waals surface area contributed by atoms with E-state index in [0.717, 1.165) is 4.90 Å². The number of fused-ring (bicyclic) bond motifs is 1. The van der Waals surface area contributed by atoms with Gasteiger partial charge in [0.15, 0.2) is 0 Å². The van der Waals surface area contributed by atoms with Crippen LogP contribution in [0.25, 0.3) is 0 Å². The quantitative estimate of drug-likeness (QED) is 0.755. The Morgan fingerprint density at radius 2 is 1.43 bits per heavy atom. The third-order valence-electron chi connectivity index (χ3n) is 4.98. The maximum atomic E-state index is 13.0. The zero-order valence-corrected chi connectivity index (χ0v) is 16.7. The van der Waals surface area contributed by atoms with Gasteiger partial charge < -0.3 is 5.32 Å². The Kier molecular flexibility index (Phi) is 5.63. The van der Waals surface area contributed by atoms with E-state index in [9.17, 15) is 14.4 Å². The first kappa shape index (κ1) is 19.8. The number of hydrogen-bond donors (Lipinski definition) is 1. The van der Waals surface area contributed by atoms with Crippen LogP contribution in [0, 0.1) is 5.92 Å². The zero-order valence-electron chi connectivity index (χ0n) is 16.7. The van der Waals surface area contributed by atoms with Gasteiger partial charge in [0, 0.05) is 5.69 Å². The fourth-order valence-electron chi connectivity index (χ4n) is 3.44. The van der Waals surface area contributed by atoms with Crippen LogP contribution in [0.3, 0.4) is 0 Å². The van der Waals surface area contributed by atoms with E-state index in [0.29, 0.717) is 29.2 Å². The van der Waals surface area contributed by atoms with Crippen LogP contribution in [-0.2, 0) is 4.79 Å². The first-order chi connectivity index (χ1) is 13.3. The summed E-state index contributed by atoms with van der Waals surface area (Å²) in [5, 5.41) is 2.87. The number of benzene rings is 2. The maximum Gasteiger partial charge on any atom is 0.262 e. The zero-order chi connectivity index (χ0) is 20.4. The number of nitrogens with zero attached hydrogens (tertiary/aromatic N) is 1. The number of rotatable bonds is 6. The van der Waals surface area contributed by atoms with Crippen molar-refractivity contribution in [1.29, 1.82) is 0 Å². The van der Waals surface area contributed by atoms with Gasteiger partial charge in [-0.25, -0.2) is 0 Å². The summed E-state index contributed by atoms with van der Waals surface area (Å²) in [7, 11) is 0. The van der Waals surface area contributed by atoms with Gasteiger partial charge in [0.25, 0.3) is 11.8 Å². The SMILES string of the molecule is CC(C)CC(C(=O)Nc1ccc(C(C)C)cc1)N1C(=O)c2ccccc2C1=O. The van der Waals surface area contributed by atoms with E-state index in [2.05, 4.69) is 19.2 Å². The van der Waals surface area contributed by atoms with Crippen LogP contribution in [0.1, 0.15) is 66.3 Å². The van der Waals surface area contributed by atoms with Crippen LogP contribution in [0.2, 0.25) is 0 Å². The average Bonchev–Trinajstić information content (AvgIpc) is 2.91. The van der Waals surface area contributed by atoms with Gasteiger partial charge in [-0.1, -0.05) is 52.0 Å². The summed E-state index contributed by atoms with van der Waals surface area (Å²) in [5.41, 5.74) is 2.54. The third-order valence-corrected chi connectivity index (χ3v) is 4.98. The van der Waals surface area contributed by atoms with Crippen LogP contribution >= 0.6 is 0 Å². The lowest BCUT2D eigenvalue weighted by Gasteiger charge is -2.26. The molecule has 0 aromatic heterocycles. The molecule has 3 amide bonds. The van der Waals surface area contributed by atoms with Crippen LogP contribution in [0.4, 0.5) is 5.69 Å². The highest BCUT2D eigenvalue weighted by molar-refractivity contribution is 6.23. The van der Waals surface area contributed by atoms with Crippen LogP contribution < -0.4 is 5.32 Å². The first-order valence-corrected chi connectivity index (χ1v) is 9.67. The van der Waals surface area contributed by atoms with E-state index >= 15 is 0 Å². The molecule has 3 rings (SSSR count). The number of imide groups is 1. The van der Waals surface area contributed by atoms with Gasteiger partial charge in [0.1, 0.15) is 6.04 Å². The molecule has 0 aliphatic carbocycles. The summed E-state index contributed by atoms with van der Waals surface area (Å²) in [6.45, 7) is 8.15.